The molecule has 4 rings (SSSR count). The lowest BCUT2D eigenvalue weighted by atomic mass is 9.99. The van der Waals surface area contributed by atoms with Gasteiger partial charge in [-0.1, -0.05) is 30.3 Å². The molecule has 1 aliphatic rings. The van der Waals surface area contributed by atoms with Crippen molar-refractivity contribution in [2.24, 2.45) is 0 Å². The number of nitriles is 1. The Hall–Kier alpha value is -4.11. The first-order valence-electron chi connectivity index (χ1n) is 11.0. The van der Waals surface area contributed by atoms with Gasteiger partial charge in [-0.25, -0.2) is 0 Å². The maximum absolute atomic E-state index is 12.6. The standard InChI is InChI=1S/C27H25N3O3/c28-18-20-10-12-24(13-11-20)33-25-8-3-7-22(17-25)27(32)29-15-4-9-26(31)30-16-14-21-5-1-2-6-23(21)19-30/h1-3,5-8,10-13,17H,4,9,14-16,19H2,(H,29,32). The van der Waals surface area contributed by atoms with Crippen LogP contribution in [0.25, 0.3) is 0 Å². The molecule has 2 amide bonds. The maximum atomic E-state index is 12.6. The molecule has 0 bridgehead atoms. The van der Waals surface area contributed by atoms with Crippen LogP contribution in [-0.4, -0.2) is 29.8 Å². The summed E-state index contributed by atoms with van der Waals surface area (Å²) in [5.41, 5.74) is 3.58. The van der Waals surface area contributed by atoms with E-state index in [1.165, 1.54) is 11.1 Å². The van der Waals surface area contributed by atoms with Crippen molar-refractivity contribution in [1.29, 1.82) is 5.26 Å². The Morgan fingerprint density at radius 3 is 2.55 bits per heavy atom. The number of benzene rings is 3. The molecule has 3 aromatic rings. The van der Waals surface area contributed by atoms with Crippen molar-refractivity contribution in [3.63, 3.8) is 0 Å². The van der Waals surface area contributed by atoms with Crippen LogP contribution >= 0.6 is 0 Å². The summed E-state index contributed by atoms with van der Waals surface area (Å²) in [6, 6.07) is 24.0. The molecule has 0 saturated heterocycles. The highest BCUT2D eigenvalue weighted by Crippen LogP contribution is 2.23. The zero-order valence-corrected chi connectivity index (χ0v) is 18.3. The minimum atomic E-state index is -0.209. The largest absolute Gasteiger partial charge is 0.457 e. The van der Waals surface area contributed by atoms with Crippen LogP contribution in [-0.2, 0) is 17.8 Å². The fourth-order valence-electron chi connectivity index (χ4n) is 3.84. The monoisotopic (exact) mass is 439 g/mol. The number of ether oxygens (including phenoxy) is 1. The molecule has 6 nitrogen and oxygen atoms in total. The predicted octanol–water partition coefficient (Wildman–Crippen LogP) is 4.45. The van der Waals surface area contributed by atoms with E-state index in [4.69, 9.17) is 10.00 Å². The normalized spacial score (nSPS) is 12.4. The molecule has 0 atom stereocenters. The lowest BCUT2D eigenvalue weighted by molar-refractivity contribution is -0.132. The van der Waals surface area contributed by atoms with Crippen molar-refractivity contribution in [2.75, 3.05) is 13.1 Å². The Morgan fingerprint density at radius 2 is 1.76 bits per heavy atom. The number of hydrogen-bond donors (Lipinski definition) is 1. The summed E-state index contributed by atoms with van der Waals surface area (Å²) in [6.45, 7) is 1.83. The zero-order chi connectivity index (χ0) is 23.0. The summed E-state index contributed by atoms with van der Waals surface area (Å²) >= 11 is 0. The van der Waals surface area contributed by atoms with Gasteiger partial charge in [0.2, 0.25) is 5.91 Å². The van der Waals surface area contributed by atoms with E-state index in [-0.39, 0.29) is 11.8 Å². The van der Waals surface area contributed by atoms with Gasteiger partial charge in [0.25, 0.3) is 5.91 Å². The molecular weight excluding hydrogens is 414 g/mol. The molecule has 3 aromatic carbocycles. The molecule has 1 heterocycles. The van der Waals surface area contributed by atoms with Crippen molar-refractivity contribution in [2.45, 2.75) is 25.8 Å². The van der Waals surface area contributed by atoms with Gasteiger partial charge in [0.05, 0.1) is 11.6 Å². The third kappa shape index (κ3) is 5.78. The second kappa shape index (κ2) is 10.5. The van der Waals surface area contributed by atoms with Crippen LogP contribution in [0, 0.1) is 11.3 Å². The molecule has 0 aliphatic carbocycles. The number of carbonyl (C=O) groups is 2. The second-order valence-corrected chi connectivity index (χ2v) is 7.96. The third-order valence-electron chi connectivity index (χ3n) is 5.65. The molecule has 6 heteroatoms. The van der Waals surface area contributed by atoms with Gasteiger partial charge < -0.3 is 15.0 Å². The average Bonchev–Trinajstić information content (AvgIpc) is 2.86. The van der Waals surface area contributed by atoms with E-state index >= 15 is 0 Å². The van der Waals surface area contributed by atoms with Gasteiger partial charge in [-0.15, -0.1) is 0 Å². The summed E-state index contributed by atoms with van der Waals surface area (Å²) in [5.74, 6) is 1.04. The molecule has 0 unspecified atom stereocenters. The van der Waals surface area contributed by atoms with Crippen LogP contribution in [0.3, 0.4) is 0 Å². The van der Waals surface area contributed by atoms with Crippen LogP contribution in [0.15, 0.2) is 72.8 Å². The molecular formula is C27H25N3O3. The predicted molar refractivity (Wildman–Crippen MR) is 125 cm³/mol. The van der Waals surface area contributed by atoms with Gasteiger partial charge >= 0.3 is 0 Å². The number of nitrogens with zero attached hydrogens (tertiary/aromatic N) is 2. The molecule has 0 aromatic heterocycles. The van der Waals surface area contributed by atoms with Gasteiger partial charge in [0.15, 0.2) is 0 Å². The lowest BCUT2D eigenvalue weighted by Gasteiger charge is -2.29. The molecule has 1 N–H and O–H groups in total. The number of hydrogen-bond acceptors (Lipinski definition) is 4. The first-order chi connectivity index (χ1) is 16.1. The van der Waals surface area contributed by atoms with Gasteiger partial charge in [0.1, 0.15) is 11.5 Å². The van der Waals surface area contributed by atoms with E-state index in [1.807, 2.05) is 17.0 Å². The Labute approximate surface area is 193 Å². The van der Waals surface area contributed by atoms with E-state index in [0.29, 0.717) is 48.6 Å². The van der Waals surface area contributed by atoms with Crippen molar-refractivity contribution < 1.29 is 14.3 Å². The van der Waals surface area contributed by atoms with E-state index in [0.717, 1.165) is 13.0 Å². The Morgan fingerprint density at radius 1 is 0.970 bits per heavy atom. The number of carbonyl (C=O) groups excluding carboxylic acids is 2. The SMILES string of the molecule is N#Cc1ccc(Oc2cccc(C(=O)NCCCC(=O)N3CCc4ccccc4C3)c2)cc1. The van der Waals surface area contributed by atoms with Crippen molar-refractivity contribution in [3.05, 3.63) is 95.1 Å². The number of amides is 2. The molecule has 0 spiro atoms. The molecule has 1 aliphatic heterocycles. The highest BCUT2D eigenvalue weighted by Gasteiger charge is 2.19. The highest BCUT2D eigenvalue weighted by atomic mass is 16.5. The minimum absolute atomic E-state index is 0.122. The Bertz CT molecular complexity index is 1180. The topological polar surface area (TPSA) is 82.4 Å². The van der Waals surface area contributed by atoms with E-state index in [9.17, 15) is 9.59 Å². The van der Waals surface area contributed by atoms with Crippen LogP contribution in [0.5, 0.6) is 11.5 Å². The van der Waals surface area contributed by atoms with Gasteiger partial charge in [-0.3, -0.25) is 9.59 Å². The summed E-state index contributed by atoms with van der Waals surface area (Å²) in [7, 11) is 0. The smallest absolute Gasteiger partial charge is 0.251 e. The lowest BCUT2D eigenvalue weighted by Crippen LogP contribution is -2.36. The van der Waals surface area contributed by atoms with Gasteiger partial charge in [-0.2, -0.15) is 5.26 Å². The minimum Gasteiger partial charge on any atom is -0.457 e. The van der Waals surface area contributed by atoms with Crippen molar-refractivity contribution in [3.8, 4) is 17.6 Å². The highest BCUT2D eigenvalue weighted by molar-refractivity contribution is 5.94. The van der Waals surface area contributed by atoms with Gasteiger partial charge in [-0.05, 0) is 66.4 Å². The number of rotatable bonds is 7. The first-order valence-corrected chi connectivity index (χ1v) is 11.0. The second-order valence-electron chi connectivity index (χ2n) is 7.96. The number of fused-ring (bicyclic) bond motifs is 1. The molecule has 0 radical (unpaired) electrons. The van der Waals surface area contributed by atoms with E-state index in [1.54, 1.807) is 48.5 Å². The van der Waals surface area contributed by atoms with Gasteiger partial charge in [0, 0.05) is 31.6 Å². The van der Waals surface area contributed by atoms with Crippen LogP contribution in [0.1, 0.15) is 39.9 Å². The summed E-state index contributed by atoms with van der Waals surface area (Å²) in [4.78, 5) is 27.0. The first kappa shape index (κ1) is 22.1. The van der Waals surface area contributed by atoms with Crippen molar-refractivity contribution in [1.82, 2.24) is 10.2 Å². The van der Waals surface area contributed by atoms with Crippen LogP contribution < -0.4 is 10.1 Å². The molecule has 33 heavy (non-hydrogen) atoms. The van der Waals surface area contributed by atoms with Crippen LogP contribution in [0.4, 0.5) is 0 Å². The summed E-state index contributed by atoms with van der Waals surface area (Å²) in [6.07, 6.45) is 1.88. The third-order valence-corrected chi connectivity index (χ3v) is 5.65. The number of nitrogens with one attached hydrogen (secondary N) is 1. The Balaban J connectivity index is 1.23. The summed E-state index contributed by atoms with van der Waals surface area (Å²) in [5, 5.41) is 11.8. The van der Waals surface area contributed by atoms with E-state index in [2.05, 4.69) is 23.5 Å². The fourth-order valence-corrected chi connectivity index (χ4v) is 3.84. The molecule has 0 fully saturated rings. The van der Waals surface area contributed by atoms with Crippen LogP contribution in [0.2, 0.25) is 0 Å². The fraction of sp³-hybridized carbons (Fsp3) is 0.222. The average molecular weight is 440 g/mol. The maximum Gasteiger partial charge on any atom is 0.251 e. The zero-order valence-electron chi connectivity index (χ0n) is 18.3. The quantitative estimate of drug-likeness (QED) is 0.552. The molecule has 166 valence electrons. The van der Waals surface area contributed by atoms with Crippen molar-refractivity contribution >= 4 is 11.8 Å². The molecule has 0 saturated carbocycles. The summed E-state index contributed by atoms with van der Waals surface area (Å²) < 4.78 is 5.78. The van der Waals surface area contributed by atoms with E-state index < -0.39 is 0 Å². The Kier molecular flexibility index (Phi) is 7.01.